The van der Waals surface area contributed by atoms with Crippen molar-refractivity contribution in [3.63, 3.8) is 0 Å². The number of halogens is 1. The van der Waals surface area contributed by atoms with Gasteiger partial charge < -0.3 is 15.4 Å². The molecule has 0 radical (unpaired) electrons. The van der Waals surface area contributed by atoms with Crippen LogP contribution in [0, 0.1) is 12.7 Å². The molecule has 24 heavy (non-hydrogen) atoms. The van der Waals surface area contributed by atoms with Gasteiger partial charge in [-0.05, 0) is 49.6 Å². The highest BCUT2D eigenvalue weighted by molar-refractivity contribution is 5.74. The normalized spacial score (nSPS) is 11.7. The summed E-state index contributed by atoms with van der Waals surface area (Å²) < 4.78 is 18.9. The molecule has 0 saturated heterocycles. The lowest BCUT2D eigenvalue weighted by Crippen LogP contribution is -2.36. The third-order valence-electron chi connectivity index (χ3n) is 3.75. The van der Waals surface area contributed by atoms with Crippen LogP contribution in [0.15, 0.2) is 42.5 Å². The number of hydrogen-bond acceptors (Lipinski definition) is 2. The maximum atomic E-state index is 13.8. The molecule has 1 atom stereocenters. The van der Waals surface area contributed by atoms with Crippen LogP contribution in [0.2, 0.25) is 0 Å². The zero-order valence-corrected chi connectivity index (χ0v) is 14.2. The molecule has 0 heterocycles. The Morgan fingerprint density at radius 2 is 2.00 bits per heavy atom. The third-order valence-corrected chi connectivity index (χ3v) is 3.75. The van der Waals surface area contributed by atoms with Crippen LogP contribution in [0.4, 0.5) is 9.18 Å². The number of carbonyl (C=O) groups is 1. The van der Waals surface area contributed by atoms with E-state index in [1.54, 1.807) is 19.1 Å². The third kappa shape index (κ3) is 4.72. The Labute approximate surface area is 142 Å². The second kappa shape index (κ2) is 8.34. The molecular formula is C19H23FN2O2. The number of nitrogens with one attached hydrogen (secondary N) is 2. The van der Waals surface area contributed by atoms with E-state index in [4.69, 9.17) is 4.74 Å². The molecule has 2 rings (SSSR count). The first-order chi connectivity index (χ1) is 11.5. The van der Waals surface area contributed by atoms with Crippen molar-refractivity contribution in [1.29, 1.82) is 0 Å². The SMILES string of the molecule is CCOc1ccc(CNC(=O)NC(C)c2ccccc2C)cc1F. The van der Waals surface area contributed by atoms with Gasteiger partial charge in [-0.2, -0.15) is 0 Å². The van der Waals surface area contributed by atoms with Crippen molar-refractivity contribution in [2.24, 2.45) is 0 Å². The van der Waals surface area contributed by atoms with Crippen LogP contribution in [-0.4, -0.2) is 12.6 Å². The number of carbonyl (C=O) groups excluding carboxylic acids is 1. The topological polar surface area (TPSA) is 50.4 Å². The van der Waals surface area contributed by atoms with Gasteiger partial charge in [-0.3, -0.25) is 0 Å². The fourth-order valence-corrected chi connectivity index (χ4v) is 2.51. The molecule has 2 aromatic rings. The molecule has 5 heteroatoms. The van der Waals surface area contributed by atoms with E-state index < -0.39 is 5.82 Å². The monoisotopic (exact) mass is 330 g/mol. The molecular weight excluding hydrogens is 307 g/mol. The summed E-state index contributed by atoms with van der Waals surface area (Å²) in [5.74, 6) is -0.205. The first-order valence-electron chi connectivity index (χ1n) is 8.02. The molecule has 1 unspecified atom stereocenters. The Morgan fingerprint density at radius 3 is 2.67 bits per heavy atom. The number of ether oxygens (including phenoxy) is 1. The lowest BCUT2D eigenvalue weighted by Gasteiger charge is -2.17. The first-order valence-corrected chi connectivity index (χ1v) is 8.02. The van der Waals surface area contributed by atoms with Crippen molar-refractivity contribution in [1.82, 2.24) is 10.6 Å². The summed E-state index contributed by atoms with van der Waals surface area (Å²) in [4.78, 5) is 12.0. The summed E-state index contributed by atoms with van der Waals surface area (Å²) in [6, 6.07) is 12.2. The number of benzene rings is 2. The van der Waals surface area contributed by atoms with E-state index in [9.17, 15) is 9.18 Å². The zero-order valence-electron chi connectivity index (χ0n) is 14.2. The smallest absolute Gasteiger partial charge is 0.315 e. The predicted molar refractivity (Wildman–Crippen MR) is 92.5 cm³/mol. The number of rotatable bonds is 6. The van der Waals surface area contributed by atoms with Gasteiger partial charge in [0.25, 0.3) is 0 Å². The highest BCUT2D eigenvalue weighted by atomic mass is 19.1. The highest BCUT2D eigenvalue weighted by Gasteiger charge is 2.11. The second-order valence-corrected chi connectivity index (χ2v) is 5.60. The van der Waals surface area contributed by atoms with Crippen molar-refractivity contribution in [3.05, 3.63) is 65.0 Å². The van der Waals surface area contributed by atoms with Gasteiger partial charge >= 0.3 is 6.03 Å². The fourth-order valence-electron chi connectivity index (χ4n) is 2.51. The van der Waals surface area contributed by atoms with Crippen LogP contribution in [0.5, 0.6) is 5.75 Å². The van der Waals surface area contributed by atoms with Crippen LogP contribution in [0.25, 0.3) is 0 Å². The molecule has 0 saturated carbocycles. The minimum Gasteiger partial charge on any atom is -0.491 e. The lowest BCUT2D eigenvalue weighted by atomic mass is 10.0. The summed E-state index contributed by atoms with van der Waals surface area (Å²) in [6.07, 6.45) is 0. The predicted octanol–water partition coefficient (Wildman–Crippen LogP) is 4.09. The average molecular weight is 330 g/mol. The summed E-state index contributed by atoms with van der Waals surface area (Å²) in [5, 5.41) is 5.63. The van der Waals surface area contributed by atoms with Gasteiger partial charge in [-0.15, -0.1) is 0 Å². The molecule has 0 fully saturated rings. The van der Waals surface area contributed by atoms with Crippen LogP contribution >= 0.6 is 0 Å². The Hall–Kier alpha value is -2.56. The lowest BCUT2D eigenvalue weighted by molar-refractivity contribution is 0.237. The van der Waals surface area contributed by atoms with E-state index in [1.165, 1.54) is 6.07 Å². The van der Waals surface area contributed by atoms with Crippen LogP contribution in [0.3, 0.4) is 0 Å². The fraction of sp³-hybridized carbons (Fsp3) is 0.316. The highest BCUT2D eigenvalue weighted by Crippen LogP contribution is 2.18. The Balaban J connectivity index is 1.89. The molecule has 128 valence electrons. The van der Waals surface area contributed by atoms with Crippen molar-refractivity contribution in [2.45, 2.75) is 33.4 Å². The van der Waals surface area contributed by atoms with Crippen LogP contribution in [0.1, 0.15) is 36.6 Å². The Bertz CT molecular complexity index is 704. The van der Waals surface area contributed by atoms with Gasteiger partial charge in [0, 0.05) is 6.54 Å². The van der Waals surface area contributed by atoms with Gasteiger partial charge in [0.1, 0.15) is 0 Å². The molecule has 2 N–H and O–H groups in total. The molecule has 0 bridgehead atoms. The van der Waals surface area contributed by atoms with E-state index >= 15 is 0 Å². The van der Waals surface area contributed by atoms with Crippen molar-refractivity contribution in [3.8, 4) is 5.75 Å². The van der Waals surface area contributed by atoms with Gasteiger partial charge in [0.15, 0.2) is 11.6 Å². The molecule has 0 aliphatic heterocycles. The minimum atomic E-state index is -0.426. The van der Waals surface area contributed by atoms with Gasteiger partial charge in [-0.25, -0.2) is 9.18 Å². The number of aryl methyl sites for hydroxylation is 1. The van der Waals surface area contributed by atoms with Crippen molar-refractivity contribution < 1.29 is 13.9 Å². The summed E-state index contributed by atoms with van der Waals surface area (Å²) in [5.41, 5.74) is 2.87. The van der Waals surface area contributed by atoms with Crippen molar-refractivity contribution in [2.75, 3.05) is 6.61 Å². The quantitative estimate of drug-likeness (QED) is 0.838. The number of amides is 2. The maximum Gasteiger partial charge on any atom is 0.315 e. The van der Waals surface area contributed by atoms with E-state index in [1.807, 2.05) is 38.1 Å². The van der Waals surface area contributed by atoms with Gasteiger partial charge in [0.05, 0.1) is 12.6 Å². The van der Waals surface area contributed by atoms with Gasteiger partial charge in [0.2, 0.25) is 0 Å². The molecule has 2 amide bonds. The van der Waals surface area contributed by atoms with E-state index in [0.717, 1.165) is 11.1 Å². The van der Waals surface area contributed by atoms with Crippen LogP contribution < -0.4 is 15.4 Å². The van der Waals surface area contributed by atoms with Gasteiger partial charge in [-0.1, -0.05) is 30.3 Å². The largest absolute Gasteiger partial charge is 0.491 e. The molecule has 0 aliphatic carbocycles. The minimum absolute atomic E-state index is 0.108. The van der Waals surface area contributed by atoms with Crippen LogP contribution in [-0.2, 0) is 6.54 Å². The first kappa shape index (κ1) is 17.8. The van der Waals surface area contributed by atoms with E-state index in [0.29, 0.717) is 12.2 Å². The number of hydrogen-bond donors (Lipinski definition) is 2. The molecule has 0 aliphatic rings. The average Bonchev–Trinajstić information content (AvgIpc) is 2.55. The number of urea groups is 1. The van der Waals surface area contributed by atoms with E-state index in [2.05, 4.69) is 10.6 Å². The van der Waals surface area contributed by atoms with Crippen molar-refractivity contribution >= 4 is 6.03 Å². The molecule has 0 aromatic heterocycles. The summed E-state index contributed by atoms with van der Waals surface area (Å²) in [6.45, 7) is 6.39. The standard InChI is InChI=1S/C19H23FN2O2/c1-4-24-18-10-9-15(11-17(18)20)12-21-19(23)22-14(3)16-8-6-5-7-13(16)2/h5-11,14H,4,12H2,1-3H3,(H2,21,22,23). The van der Waals surface area contributed by atoms with E-state index in [-0.39, 0.29) is 24.4 Å². The zero-order chi connectivity index (χ0) is 17.5. The summed E-state index contributed by atoms with van der Waals surface area (Å²) >= 11 is 0. The second-order valence-electron chi connectivity index (χ2n) is 5.60. The summed E-state index contributed by atoms with van der Waals surface area (Å²) in [7, 11) is 0. The molecule has 4 nitrogen and oxygen atoms in total. The maximum absolute atomic E-state index is 13.8. The Kier molecular flexibility index (Phi) is 6.18. The molecule has 0 spiro atoms. The molecule has 2 aromatic carbocycles. The Morgan fingerprint density at radius 1 is 1.25 bits per heavy atom.